The molecule has 0 saturated carbocycles. The lowest BCUT2D eigenvalue weighted by atomic mass is 10.2. The number of ketones is 1. The Labute approximate surface area is 71.0 Å². The summed E-state index contributed by atoms with van der Waals surface area (Å²) in [4.78, 5) is 9.75. The van der Waals surface area contributed by atoms with Crippen molar-refractivity contribution >= 4 is 5.78 Å². The van der Waals surface area contributed by atoms with E-state index < -0.39 is 29.8 Å². The first-order chi connectivity index (χ1) is 6.01. The van der Waals surface area contributed by atoms with E-state index in [0.717, 1.165) is 0 Å². The normalized spacial score (nSPS) is 12.6. The minimum absolute atomic E-state index is 3.67. The van der Waals surface area contributed by atoms with Crippen LogP contribution in [0.1, 0.15) is 0 Å². The number of Topliss-reactive ketones (excluding diaryl/α,β-unsaturated/α-hetero) is 1. The van der Waals surface area contributed by atoms with E-state index in [2.05, 4.69) is 0 Å². The van der Waals surface area contributed by atoms with Crippen LogP contribution in [-0.4, -0.2) is 17.9 Å². The van der Waals surface area contributed by atoms with Crippen molar-refractivity contribution < 1.29 is 39.9 Å². The summed E-state index contributed by atoms with van der Waals surface area (Å²) < 4.78 is 92.0. The third-order valence-corrected chi connectivity index (χ3v) is 0.984. The second-order valence-electron chi connectivity index (χ2n) is 1.98. The molecule has 0 rings (SSSR count). The van der Waals surface area contributed by atoms with Gasteiger partial charge in [-0.15, -0.1) is 0 Å². The molecule has 0 atom stereocenters. The number of hydrogen-bond donors (Lipinski definition) is 0. The number of carbonyl (C=O) groups excluding carboxylic acids is 1. The van der Waals surface area contributed by atoms with Crippen molar-refractivity contribution in [3.63, 3.8) is 0 Å². The molecule has 9 heteroatoms. The lowest BCUT2D eigenvalue weighted by molar-refractivity contribution is -0.192. The number of hydrogen-bond acceptors (Lipinski definition) is 1. The van der Waals surface area contributed by atoms with Crippen LogP contribution < -0.4 is 0 Å². The van der Waals surface area contributed by atoms with Crippen molar-refractivity contribution in [3.8, 4) is 0 Å². The smallest absolute Gasteiger partial charge is 0.282 e. The van der Waals surface area contributed by atoms with Crippen LogP contribution in [0.15, 0.2) is 11.9 Å². The van der Waals surface area contributed by atoms with Crippen LogP contribution in [0.25, 0.3) is 0 Å². The summed E-state index contributed by atoms with van der Waals surface area (Å²) in [6, 6.07) is 0. The summed E-state index contributed by atoms with van der Waals surface area (Å²) in [6.45, 7) is 0. The molecule has 0 bridgehead atoms. The largest absolute Gasteiger partial charge is 0.456 e. The molecule has 0 fully saturated rings. The molecule has 0 amide bonds. The van der Waals surface area contributed by atoms with Gasteiger partial charge in [-0.2, -0.15) is 35.1 Å². The molecule has 0 saturated heterocycles. The Bertz CT molecular complexity index is 270. The Morgan fingerprint density at radius 2 is 1.21 bits per heavy atom. The quantitative estimate of drug-likeness (QED) is 0.664. The molecule has 0 heterocycles. The van der Waals surface area contributed by atoms with Gasteiger partial charge in [0.15, 0.2) is 0 Å². The second kappa shape index (κ2) is 3.54. The molecule has 0 N–H and O–H groups in total. The van der Waals surface area contributed by atoms with Crippen LogP contribution >= 0.6 is 0 Å². The van der Waals surface area contributed by atoms with Crippen LogP contribution in [0.2, 0.25) is 0 Å². The van der Waals surface area contributed by atoms with Crippen molar-refractivity contribution in [2.45, 2.75) is 12.1 Å². The van der Waals surface area contributed by atoms with Crippen molar-refractivity contribution in [1.82, 2.24) is 0 Å². The zero-order valence-corrected chi connectivity index (χ0v) is 5.93. The molecule has 0 radical (unpaired) electrons. The maximum Gasteiger partial charge on any atom is 0.456 e. The number of carbonyl (C=O) groups is 1. The van der Waals surface area contributed by atoms with Gasteiger partial charge in [-0.1, -0.05) is 0 Å². The van der Waals surface area contributed by atoms with Gasteiger partial charge in [0.25, 0.3) is 0 Å². The van der Waals surface area contributed by atoms with E-state index in [0.29, 0.717) is 0 Å². The predicted molar refractivity (Wildman–Crippen MR) is 26.4 cm³/mol. The van der Waals surface area contributed by atoms with Crippen LogP contribution in [0.5, 0.6) is 0 Å². The lowest BCUT2D eigenvalue weighted by Gasteiger charge is -2.13. The average molecular weight is 228 g/mol. The van der Waals surface area contributed by atoms with Gasteiger partial charge in [-0.05, 0) is 0 Å². The molecule has 0 aromatic heterocycles. The third kappa shape index (κ3) is 2.42. The van der Waals surface area contributed by atoms with Crippen LogP contribution in [0.4, 0.5) is 35.1 Å². The monoisotopic (exact) mass is 228 g/mol. The lowest BCUT2D eigenvalue weighted by Crippen LogP contribution is -2.40. The number of allylic oxidation sites excluding steroid dienone is 1. The minimum Gasteiger partial charge on any atom is -0.282 e. The highest BCUT2D eigenvalue weighted by molar-refractivity contribution is 5.93. The van der Waals surface area contributed by atoms with Gasteiger partial charge < -0.3 is 0 Å². The zero-order valence-electron chi connectivity index (χ0n) is 5.93. The summed E-state index contributed by atoms with van der Waals surface area (Å²) in [7, 11) is 0. The Balaban J connectivity index is 5.19. The van der Waals surface area contributed by atoms with E-state index >= 15 is 0 Å². The second-order valence-corrected chi connectivity index (χ2v) is 1.98. The fourth-order valence-electron chi connectivity index (χ4n) is 0.396. The van der Waals surface area contributed by atoms with Crippen LogP contribution in [-0.2, 0) is 4.79 Å². The van der Waals surface area contributed by atoms with Gasteiger partial charge in [-0.25, -0.2) is 0 Å². The highest BCUT2D eigenvalue weighted by atomic mass is 19.4. The maximum atomic E-state index is 12.0. The van der Waals surface area contributed by atoms with E-state index in [4.69, 9.17) is 0 Å². The fourth-order valence-corrected chi connectivity index (χ4v) is 0.396. The summed E-state index contributed by atoms with van der Waals surface area (Å²) in [5.41, 5.74) is 0. The van der Waals surface area contributed by atoms with E-state index in [1.54, 1.807) is 0 Å². The molecule has 0 spiro atoms. The van der Waals surface area contributed by atoms with Crippen LogP contribution in [0.3, 0.4) is 0 Å². The minimum atomic E-state index is -6.09. The maximum absolute atomic E-state index is 12.0. The van der Waals surface area contributed by atoms with Gasteiger partial charge in [0, 0.05) is 0 Å². The standard InChI is InChI=1S/C5F8O/c6-1(2(7)8)4(9,10)3(14)5(11,12)13. The molecule has 0 aliphatic carbocycles. The number of halogens is 8. The van der Waals surface area contributed by atoms with Crippen molar-refractivity contribution in [2.75, 3.05) is 0 Å². The fraction of sp³-hybridized carbons (Fsp3) is 0.400. The summed E-state index contributed by atoms with van der Waals surface area (Å²) >= 11 is 0. The first-order valence-corrected chi connectivity index (χ1v) is 2.72. The molecule has 0 aromatic carbocycles. The first kappa shape index (κ1) is 12.8. The predicted octanol–water partition coefficient (Wildman–Crippen LogP) is 2.83. The molecule has 1 nitrogen and oxygen atoms in total. The van der Waals surface area contributed by atoms with Gasteiger partial charge in [0.1, 0.15) is 0 Å². The molecule has 14 heavy (non-hydrogen) atoms. The highest BCUT2D eigenvalue weighted by Gasteiger charge is 2.59. The molecule has 0 unspecified atom stereocenters. The number of rotatable bonds is 2. The molecular formula is C5F8O. The van der Waals surface area contributed by atoms with Crippen molar-refractivity contribution in [2.24, 2.45) is 0 Å². The van der Waals surface area contributed by atoms with Gasteiger partial charge in [0.2, 0.25) is 5.83 Å². The topological polar surface area (TPSA) is 17.1 Å². The Morgan fingerprint density at radius 1 is 0.857 bits per heavy atom. The van der Waals surface area contributed by atoms with E-state index in [-0.39, 0.29) is 0 Å². The highest BCUT2D eigenvalue weighted by Crippen LogP contribution is 2.35. The Morgan fingerprint density at radius 3 is 1.43 bits per heavy atom. The molecule has 0 aliphatic heterocycles. The van der Waals surface area contributed by atoms with E-state index in [1.807, 2.05) is 0 Å². The van der Waals surface area contributed by atoms with Crippen LogP contribution in [0, 0.1) is 0 Å². The third-order valence-electron chi connectivity index (χ3n) is 0.984. The zero-order chi connectivity index (χ0) is 11.7. The Kier molecular flexibility index (Phi) is 3.25. The first-order valence-electron chi connectivity index (χ1n) is 2.72. The van der Waals surface area contributed by atoms with Gasteiger partial charge >= 0.3 is 24.0 Å². The molecule has 0 aliphatic rings. The molecule has 82 valence electrons. The molecule has 0 aromatic rings. The van der Waals surface area contributed by atoms with Gasteiger partial charge in [0.05, 0.1) is 0 Å². The summed E-state index contributed by atoms with van der Waals surface area (Å²) in [5.74, 6) is -13.5. The molecular weight excluding hydrogens is 228 g/mol. The SMILES string of the molecule is O=C(C(F)(F)F)C(F)(F)C(F)=C(F)F. The van der Waals surface area contributed by atoms with Crippen molar-refractivity contribution in [1.29, 1.82) is 0 Å². The van der Waals surface area contributed by atoms with Gasteiger partial charge in [-0.3, -0.25) is 4.79 Å². The van der Waals surface area contributed by atoms with Crippen molar-refractivity contribution in [3.05, 3.63) is 11.9 Å². The van der Waals surface area contributed by atoms with E-state index in [1.165, 1.54) is 0 Å². The average Bonchev–Trinajstić information content (AvgIpc) is 1.99. The van der Waals surface area contributed by atoms with E-state index in [9.17, 15) is 39.9 Å². The number of alkyl halides is 5. The summed E-state index contributed by atoms with van der Waals surface area (Å²) in [6.07, 6.45) is -9.76. The summed E-state index contributed by atoms with van der Waals surface area (Å²) in [5, 5.41) is 0. The Hall–Kier alpha value is -1.15.